The van der Waals surface area contributed by atoms with Crippen LogP contribution in [0.25, 0.3) is 0 Å². The van der Waals surface area contributed by atoms with Gasteiger partial charge in [-0.05, 0) is 6.92 Å². The molecule has 0 aliphatic heterocycles. The van der Waals surface area contributed by atoms with Crippen LogP contribution in [0.2, 0.25) is 0 Å². The van der Waals surface area contributed by atoms with Crippen molar-refractivity contribution in [2.24, 2.45) is 18.7 Å². The minimum atomic E-state index is -0.176. The van der Waals surface area contributed by atoms with Gasteiger partial charge in [0.2, 0.25) is 5.91 Å². The Hall–Kier alpha value is -1.36. The first-order chi connectivity index (χ1) is 6.54. The number of rotatable bonds is 3. The number of nitrogens with zero attached hydrogens (tertiary/aromatic N) is 2. The van der Waals surface area contributed by atoms with Gasteiger partial charge in [-0.15, -0.1) is 0 Å². The van der Waals surface area contributed by atoms with Gasteiger partial charge >= 0.3 is 0 Å². The molecule has 1 aromatic heterocycles. The van der Waals surface area contributed by atoms with Crippen LogP contribution in [0.4, 0.5) is 5.82 Å². The number of amides is 1. The summed E-state index contributed by atoms with van der Waals surface area (Å²) < 4.78 is 1.64. The molecule has 0 saturated carbocycles. The lowest BCUT2D eigenvalue weighted by Gasteiger charge is -2.09. The molecule has 78 valence electrons. The lowest BCUT2D eigenvalue weighted by molar-refractivity contribution is -0.119. The predicted octanol–water partition coefficient (Wildman–Crippen LogP) is 0.262. The van der Waals surface area contributed by atoms with Gasteiger partial charge in [-0.3, -0.25) is 9.48 Å². The lowest BCUT2D eigenvalue weighted by Crippen LogP contribution is -2.27. The zero-order valence-electron chi connectivity index (χ0n) is 8.74. The smallest absolute Gasteiger partial charge is 0.229 e. The molecule has 0 spiro atoms. The quantitative estimate of drug-likeness (QED) is 0.728. The Bertz CT molecular complexity index is 332. The van der Waals surface area contributed by atoms with E-state index >= 15 is 0 Å². The van der Waals surface area contributed by atoms with Gasteiger partial charge in [0, 0.05) is 25.6 Å². The summed E-state index contributed by atoms with van der Waals surface area (Å²) in [6.45, 7) is 4.02. The third kappa shape index (κ3) is 2.32. The Balaban J connectivity index is 2.69. The first-order valence-corrected chi connectivity index (χ1v) is 4.56. The maximum Gasteiger partial charge on any atom is 0.229 e. The first-order valence-electron chi connectivity index (χ1n) is 4.56. The summed E-state index contributed by atoms with van der Waals surface area (Å²) in [5.74, 6) is 0.452. The van der Waals surface area contributed by atoms with E-state index in [1.54, 1.807) is 18.7 Å². The van der Waals surface area contributed by atoms with Crippen LogP contribution < -0.4 is 11.1 Å². The summed E-state index contributed by atoms with van der Waals surface area (Å²) in [6, 6.07) is 1.82. The van der Waals surface area contributed by atoms with Crippen molar-refractivity contribution in [1.29, 1.82) is 0 Å². The van der Waals surface area contributed by atoms with Crippen LogP contribution >= 0.6 is 0 Å². The van der Waals surface area contributed by atoms with E-state index in [0.29, 0.717) is 12.4 Å². The molecule has 5 heteroatoms. The molecule has 3 N–H and O–H groups in total. The summed E-state index contributed by atoms with van der Waals surface area (Å²) in [4.78, 5) is 11.5. The van der Waals surface area contributed by atoms with E-state index in [9.17, 15) is 4.79 Å². The van der Waals surface area contributed by atoms with E-state index in [-0.39, 0.29) is 11.8 Å². The number of carbonyl (C=O) groups is 1. The van der Waals surface area contributed by atoms with Crippen molar-refractivity contribution in [2.45, 2.75) is 13.8 Å². The minimum absolute atomic E-state index is 0.0736. The molecule has 0 bridgehead atoms. The number of hydrogen-bond acceptors (Lipinski definition) is 3. The molecule has 1 aromatic rings. The van der Waals surface area contributed by atoms with E-state index < -0.39 is 0 Å². The fraction of sp³-hybridized carbons (Fsp3) is 0.556. The Morgan fingerprint density at radius 3 is 2.86 bits per heavy atom. The molecule has 1 atom stereocenters. The predicted molar refractivity (Wildman–Crippen MR) is 54.8 cm³/mol. The summed E-state index contributed by atoms with van der Waals surface area (Å²) in [6.07, 6.45) is 0. The van der Waals surface area contributed by atoms with Crippen molar-refractivity contribution in [3.8, 4) is 0 Å². The third-order valence-corrected chi connectivity index (χ3v) is 2.05. The number of hydrogen-bond donors (Lipinski definition) is 2. The molecule has 1 rings (SSSR count). The molecule has 1 heterocycles. The van der Waals surface area contributed by atoms with Gasteiger partial charge in [-0.2, -0.15) is 5.10 Å². The molecule has 0 fully saturated rings. The first kappa shape index (κ1) is 10.7. The minimum Gasteiger partial charge on any atom is -0.330 e. The molecular formula is C9H16N4O. The molecule has 0 aliphatic carbocycles. The fourth-order valence-corrected chi connectivity index (χ4v) is 1.08. The molecule has 1 unspecified atom stereocenters. The summed E-state index contributed by atoms with van der Waals surface area (Å²) in [7, 11) is 1.79. The van der Waals surface area contributed by atoms with E-state index in [0.717, 1.165) is 5.69 Å². The van der Waals surface area contributed by atoms with Gasteiger partial charge in [-0.25, -0.2) is 0 Å². The average molecular weight is 196 g/mol. The van der Waals surface area contributed by atoms with Crippen LogP contribution in [0.5, 0.6) is 0 Å². The molecule has 1 amide bonds. The van der Waals surface area contributed by atoms with Crippen LogP contribution in [0.3, 0.4) is 0 Å². The second-order valence-electron chi connectivity index (χ2n) is 3.42. The van der Waals surface area contributed by atoms with Gasteiger partial charge < -0.3 is 11.1 Å². The molecular weight excluding hydrogens is 180 g/mol. The maximum absolute atomic E-state index is 11.5. The van der Waals surface area contributed by atoms with Crippen LogP contribution in [0, 0.1) is 12.8 Å². The van der Waals surface area contributed by atoms with Gasteiger partial charge in [0.05, 0.1) is 5.69 Å². The van der Waals surface area contributed by atoms with Gasteiger partial charge in [0.25, 0.3) is 0 Å². The lowest BCUT2D eigenvalue weighted by atomic mass is 10.2. The van der Waals surface area contributed by atoms with Gasteiger partial charge in [-0.1, -0.05) is 6.92 Å². The van der Waals surface area contributed by atoms with E-state index in [1.807, 2.05) is 13.0 Å². The van der Waals surface area contributed by atoms with Gasteiger partial charge in [0.15, 0.2) is 0 Å². The highest BCUT2D eigenvalue weighted by atomic mass is 16.2. The zero-order chi connectivity index (χ0) is 10.7. The number of aromatic nitrogens is 2. The summed E-state index contributed by atoms with van der Waals surface area (Å²) >= 11 is 0. The largest absolute Gasteiger partial charge is 0.330 e. The van der Waals surface area contributed by atoms with Crippen molar-refractivity contribution in [1.82, 2.24) is 9.78 Å². The molecule has 0 radical (unpaired) electrons. The Morgan fingerprint density at radius 2 is 2.43 bits per heavy atom. The molecule has 0 saturated heterocycles. The maximum atomic E-state index is 11.5. The Morgan fingerprint density at radius 1 is 1.79 bits per heavy atom. The van der Waals surface area contributed by atoms with Crippen LogP contribution in [0.15, 0.2) is 6.07 Å². The van der Waals surface area contributed by atoms with Crippen molar-refractivity contribution in [3.63, 3.8) is 0 Å². The van der Waals surface area contributed by atoms with Crippen molar-refractivity contribution in [2.75, 3.05) is 11.9 Å². The van der Waals surface area contributed by atoms with E-state index in [2.05, 4.69) is 10.4 Å². The van der Waals surface area contributed by atoms with Crippen molar-refractivity contribution < 1.29 is 4.79 Å². The third-order valence-electron chi connectivity index (χ3n) is 2.05. The number of aryl methyl sites for hydroxylation is 2. The molecule has 14 heavy (non-hydrogen) atoms. The van der Waals surface area contributed by atoms with E-state index in [1.165, 1.54) is 0 Å². The highest BCUT2D eigenvalue weighted by Crippen LogP contribution is 2.09. The SMILES string of the molecule is Cc1cc(NC(=O)C(C)CN)n(C)n1. The number of carbonyl (C=O) groups excluding carboxylic acids is 1. The zero-order valence-corrected chi connectivity index (χ0v) is 8.74. The Labute approximate surface area is 83.3 Å². The standard InChI is InChI=1S/C9H16N4O/c1-6(5-10)9(14)11-8-4-7(2)12-13(8)3/h4,6H,5,10H2,1-3H3,(H,11,14). The van der Waals surface area contributed by atoms with Crippen molar-refractivity contribution in [3.05, 3.63) is 11.8 Å². The highest BCUT2D eigenvalue weighted by Gasteiger charge is 2.12. The van der Waals surface area contributed by atoms with Crippen LogP contribution in [0.1, 0.15) is 12.6 Å². The topological polar surface area (TPSA) is 72.9 Å². The monoisotopic (exact) mass is 196 g/mol. The van der Waals surface area contributed by atoms with Crippen LogP contribution in [-0.4, -0.2) is 22.2 Å². The average Bonchev–Trinajstić information content (AvgIpc) is 2.44. The molecule has 5 nitrogen and oxygen atoms in total. The summed E-state index contributed by atoms with van der Waals surface area (Å²) in [5, 5.41) is 6.88. The molecule has 0 aliphatic rings. The van der Waals surface area contributed by atoms with Crippen molar-refractivity contribution >= 4 is 11.7 Å². The second kappa shape index (κ2) is 4.23. The normalized spacial score (nSPS) is 12.6. The molecule has 0 aromatic carbocycles. The van der Waals surface area contributed by atoms with Crippen LogP contribution in [-0.2, 0) is 11.8 Å². The highest BCUT2D eigenvalue weighted by molar-refractivity contribution is 5.91. The Kier molecular flexibility index (Phi) is 3.24. The second-order valence-corrected chi connectivity index (χ2v) is 3.42. The fourth-order valence-electron chi connectivity index (χ4n) is 1.08. The number of nitrogens with one attached hydrogen (secondary N) is 1. The number of nitrogens with two attached hydrogens (primary N) is 1. The summed E-state index contributed by atoms with van der Waals surface area (Å²) in [5.41, 5.74) is 6.26. The number of anilines is 1. The van der Waals surface area contributed by atoms with E-state index in [4.69, 9.17) is 5.73 Å². The van der Waals surface area contributed by atoms with Gasteiger partial charge in [0.1, 0.15) is 5.82 Å².